The molecule has 0 aliphatic heterocycles. The molecule has 0 saturated heterocycles. The van der Waals surface area contributed by atoms with Crippen molar-refractivity contribution in [2.75, 3.05) is 19.7 Å². The van der Waals surface area contributed by atoms with Gasteiger partial charge in [-0.15, -0.1) is 0 Å². The molecule has 104 valence electrons. The van der Waals surface area contributed by atoms with Crippen molar-refractivity contribution >= 4 is 5.78 Å². The fourth-order valence-corrected chi connectivity index (χ4v) is 3.62. The summed E-state index contributed by atoms with van der Waals surface area (Å²) >= 11 is 0. The molecule has 1 unspecified atom stereocenters. The quantitative estimate of drug-likeness (QED) is 0.817. The summed E-state index contributed by atoms with van der Waals surface area (Å²) in [6.45, 7) is 5.95. The van der Waals surface area contributed by atoms with Gasteiger partial charge in [-0.3, -0.25) is 9.69 Å². The lowest BCUT2D eigenvalue weighted by atomic mass is 9.89. The van der Waals surface area contributed by atoms with Crippen LogP contribution in [0.2, 0.25) is 0 Å². The van der Waals surface area contributed by atoms with Crippen LogP contribution in [0.3, 0.4) is 0 Å². The number of carbonyl (C=O) groups excluding carboxylic acids is 1. The first-order valence-corrected chi connectivity index (χ1v) is 7.44. The van der Waals surface area contributed by atoms with Gasteiger partial charge in [0.25, 0.3) is 0 Å². The molecule has 0 radical (unpaired) electrons. The standard InChI is InChI=1S/C15H27NO2/c1-15(2)8-7-12(14(15)18)11-16(9-10-17)13-5-3-4-6-13/h12-13,17H,3-11H2,1-2H3. The van der Waals surface area contributed by atoms with Gasteiger partial charge in [-0.2, -0.15) is 0 Å². The van der Waals surface area contributed by atoms with E-state index in [9.17, 15) is 9.90 Å². The highest BCUT2D eigenvalue weighted by Crippen LogP contribution is 2.38. The average molecular weight is 253 g/mol. The van der Waals surface area contributed by atoms with Crippen LogP contribution >= 0.6 is 0 Å². The lowest BCUT2D eigenvalue weighted by Crippen LogP contribution is -2.41. The Balaban J connectivity index is 1.94. The van der Waals surface area contributed by atoms with E-state index in [1.54, 1.807) is 0 Å². The minimum Gasteiger partial charge on any atom is -0.395 e. The molecule has 0 spiro atoms. The zero-order chi connectivity index (χ0) is 13.2. The first kappa shape index (κ1) is 14.0. The zero-order valence-corrected chi connectivity index (χ0v) is 11.8. The Kier molecular flexibility index (Phi) is 4.44. The monoisotopic (exact) mass is 253 g/mol. The molecule has 0 amide bonds. The SMILES string of the molecule is CC1(C)CCC(CN(CCO)C2CCCC2)C1=O. The van der Waals surface area contributed by atoms with E-state index in [1.807, 2.05) is 0 Å². The summed E-state index contributed by atoms with van der Waals surface area (Å²) in [4.78, 5) is 14.7. The Morgan fingerprint density at radius 2 is 1.94 bits per heavy atom. The van der Waals surface area contributed by atoms with Gasteiger partial charge in [0.15, 0.2) is 0 Å². The molecule has 3 nitrogen and oxygen atoms in total. The van der Waals surface area contributed by atoms with Crippen LogP contribution in [-0.4, -0.2) is 41.5 Å². The molecule has 2 aliphatic rings. The van der Waals surface area contributed by atoms with Crippen molar-refractivity contribution < 1.29 is 9.90 Å². The molecule has 0 aromatic heterocycles. The highest BCUT2D eigenvalue weighted by Gasteiger charge is 2.41. The van der Waals surface area contributed by atoms with E-state index in [2.05, 4.69) is 18.7 Å². The van der Waals surface area contributed by atoms with Crippen LogP contribution in [0.15, 0.2) is 0 Å². The molecule has 2 rings (SSSR count). The molecule has 1 N–H and O–H groups in total. The average Bonchev–Trinajstić information content (AvgIpc) is 2.92. The largest absolute Gasteiger partial charge is 0.395 e. The summed E-state index contributed by atoms with van der Waals surface area (Å²) in [5.41, 5.74) is -0.120. The predicted molar refractivity (Wildman–Crippen MR) is 72.4 cm³/mol. The highest BCUT2D eigenvalue weighted by atomic mass is 16.3. The van der Waals surface area contributed by atoms with Crippen LogP contribution < -0.4 is 0 Å². The van der Waals surface area contributed by atoms with Crippen LogP contribution in [0.5, 0.6) is 0 Å². The van der Waals surface area contributed by atoms with E-state index in [0.717, 1.165) is 25.9 Å². The van der Waals surface area contributed by atoms with Crippen molar-refractivity contribution in [2.45, 2.75) is 58.4 Å². The molecular weight excluding hydrogens is 226 g/mol. The molecule has 0 heterocycles. The van der Waals surface area contributed by atoms with E-state index >= 15 is 0 Å². The predicted octanol–water partition coefficient (Wildman–Crippen LogP) is 2.23. The molecule has 0 aromatic rings. The van der Waals surface area contributed by atoms with E-state index in [0.29, 0.717) is 11.8 Å². The van der Waals surface area contributed by atoms with Crippen molar-refractivity contribution in [3.05, 3.63) is 0 Å². The molecule has 3 heteroatoms. The van der Waals surface area contributed by atoms with Crippen LogP contribution in [-0.2, 0) is 4.79 Å². The van der Waals surface area contributed by atoms with Gasteiger partial charge in [-0.05, 0) is 25.7 Å². The second kappa shape index (κ2) is 5.70. The first-order chi connectivity index (χ1) is 8.54. The third kappa shape index (κ3) is 2.94. The van der Waals surface area contributed by atoms with Crippen molar-refractivity contribution in [2.24, 2.45) is 11.3 Å². The van der Waals surface area contributed by atoms with Crippen LogP contribution in [0.4, 0.5) is 0 Å². The van der Waals surface area contributed by atoms with Gasteiger partial charge < -0.3 is 5.11 Å². The lowest BCUT2D eigenvalue weighted by Gasteiger charge is -2.30. The number of nitrogens with zero attached hydrogens (tertiary/aromatic N) is 1. The summed E-state index contributed by atoms with van der Waals surface area (Å²) in [6, 6.07) is 0.605. The van der Waals surface area contributed by atoms with Gasteiger partial charge in [0, 0.05) is 30.5 Å². The maximum Gasteiger partial charge on any atom is 0.142 e. The van der Waals surface area contributed by atoms with Crippen LogP contribution in [0.1, 0.15) is 52.4 Å². The number of Topliss-reactive ketones (excluding diaryl/α,β-unsaturated/α-hetero) is 1. The number of rotatable bonds is 5. The first-order valence-electron chi connectivity index (χ1n) is 7.44. The van der Waals surface area contributed by atoms with E-state index in [1.165, 1.54) is 25.7 Å². The minimum atomic E-state index is -0.120. The molecule has 0 aromatic carbocycles. The maximum absolute atomic E-state index is 12.3. The van der Waals surface area contributed by atoms with Gasteiger partial charge in [0.2, 0.25) is 0 Å². The third-order valence-electron chi connectivity index (χ3n) is 4.84. The third-order valence-corrected chi connectivity index (χ3v) is 4.84. The second-order valence-electron chi connectivity index (χ2n) is 6.64. The number of aliphatic hydroxyl groups is 1. The molecule has 18 heavy (non-hydrogen) atoms. The number of carbonyl (C=O) groups is 1. The van der Waals surface area contributed by atoms with Gasteiger partial charge in [-0.1, -0.05) is 26.7 Å². The molecular formula is C15H27NO2. The molecule has 2 fully saturated rings. The zero-order valence-electron chi connectivity index (χ0n) is 11.8. The Morgan fingerprint density at radius 3 is 2.44 bits per heavy atom. The van der Waals surface area contributed by atoms with Gasteiger partial charge >= 0.3 is 0 Å². The smallest absolute Gasteiger partial charge is 0.142 e. The molecule has 1 atom stereocenters. The van der Waals surface area contributed by atoms with Gasteiger partial charge in [-0.25, -0.2) is 0 Å². The summed E-state index contributed by atoms with van der Waals surface area (Å²) in [5, 5.41) is 9.21. The minimum absolute atomic E-state index is 0.120. The van der Waals surface area contributed by atoms with Crippen molar-refractivity contribution in [3.8, 4) is 0 Å². The summed E-state index contributed by atoms with van der Waals surface area (Å²) in [5.74, 6) is 0.635. The Morgan fingerprint density at radius 1 is 1.28 bits per heavy atom. The number of hydrogen-bond acceptors (Lipinski definition) is 3. The number of ketones is 1. The Labute approximate surface area is 111 Å². The molecule has 2 saturated carbocycles. The van der Waals surface area contributed by atoms with Crippen molar-refractivity contribution in [1.29, 1.82) is 0 Å². The highest BCUT2D eigenvalue weighted by molar-refractivity contribution is 5.88. The van der Waals surface area contributed by atoms with Crippen LogP contribution in [0, 0.1) is 11.3 Å². The normalized spacial score (nSPS) is 28.4. The molecule has 0 bridgehead atoms. The fourth-order valence-electron chi connectivity index (χ4n) is 3.62. The van der Waals surface area contributed by atoms with Crippen molar-refractivity contribution in [1.82, 2.24) is 4.90 Å². The summed E-state index contributed by atoms with van der Waals surface area (Å²) < 4.78 is 0. The van der Waals surface area contributed by atoms with Crippen LogP contribution in [0.25, 0.3) is 0 Å². The maximum atomic E-state index is 12.3. The number of aliphatic hydroxyl groups excluding tert-OH is 1. The lowest BCUT2D eigenvalue weighted by molar-refractivity contribution is -0.128. The van der Waals surface area contributed by atoms with Gasteiger partial charge in [0.05, 0.1) is 6.61 Å². The summed E-state index contributed by atoms with van der Waals surface area (Å²) in [6.07, 6.45) is 7.14. The Bertz CT molecular complexity index is 295. The Hall–Kier alpha value is -0.410. The molecule has 2 aliphatic carbocycles. The second-order valence-corrected chi connectivity index (χ2v) is 6.64. The fraction of sp³-hybridized carbons (Fsp3) is 0.933. The summed E-state index contributed by atoms with van der Waals surface area (Å²) in [7, 11) is 0. The van der Waals surface area contributed by atoms with Crippen molar-refractivity contribution in [3.63, 3.8) is 0 Å². The number of hydrogen-bond donors (Lipinski definition) is 1. The van der Waals surface area contributed by atoms with E-state index in [-0.39, 0.29) is 17.9 Å². The van der Waals surface area contributed by atoms with Gasteiger partial charge in [0.1, 0.15) is 5.78 Å². The topological polar surface area (TPSA) is 40.5 Å². The van der Waals surface area contributed by atoms with E-state index < -0.39 is 0 Å². The van der Waals surface area contributed by atoms with E-state index in [4.69, 9.17) is 0 Å².